The first kappa shape index (κ1) is 23.7. The molecule has 5 nitrogen and oxygen atoms in total. The number of aryl methyl sites for hydroxylation is 1. The minimum absolute atomic E-state index is 0.0198. The summed E-state index contributed by atoms with van der Waals surface area (Å²) in [4.78, 5) is 29.0. The van der Waals surface area contributed by atoms with Crippen molar-refractivity contribution in [1.29, 1.82) is 0 Å². The van der Waals surface area contributed by atoms with E-state index in [2.05, 4.69) is 22.0 Å². The molecular weight excluding hydrogens is 461 g/mol. The van der Waals surface area contributed by atoms with Gasteiger partial charge in [-0.15, -0.1) is 0 Å². The lowest BCUT2D eigenvalue weighted by Crippen LogP contribution is -2.44. The van der Waals surface area contributed by atoms with E-state index in [-0.39, 0.29) is 24.2 Å². The van der Waals surface area contributed by atoms with E-state index in [0.717, 1.165) is 46.3 Å². The van der Waals surface area contributed by atoms with Crippen molar-refractivity contribution >= 4 is 34.5 Å². The Hall–Kier alpha value is -3.06. The van der Waals surface area contributed by atoms with Crippen LogP contribution in [-0.2, 0) is 23.2 Å². The molecule has 2 heterocycles. The zero-order chi connectivity index (χ0) is 24.4. The predicted octanol–water partition coefficient (Wildman–Crippen LogP) is 5.50. The highest BCUT2D eigenvalue weighted by atomic mass is 32.2. The number of para-hydroxylation sites is 1. The summed E-state index contributed by atoms with van der Waals surface area (Å²) in [6, 6.07) is 13.5. The fourth-order valence-electron chi connectivity index (χ4n) is 5.16. The number of allylic oxidation sites excluding steroid dienone is 1. The van der Waals surface area contributed by atoms with Gasteiger partial charge in [-0.25, -0.2) is 4.39 Å². The number of fused-ring (bicyclic) bond motifs is 3. The summed E-state index contributed by atoms with van der Waals surface area (Å²) in [6.45, 7) is 0.790. The number of thioether (sulfide) groups is 1. The first-order valence-corrected chi connectivity index (χ1v) is 13.2. The highest BCUT2D eigenvalue weighted by Crippen LogP contribution is 2.42. The van der Waals surface area contributed by atoms with E-state index < -0.39 is 6.04 Å². The van der Waals surface area contributed by atoms with Gasteiger partial charge in [-0.1, -0.05) is 53.7 Å². The minimum atomic E-state index is -0.719. The number of benzene rings is 2. The molecular formula is C28H30FN3O2S. The number of hydrogen-bond acceptors (Lipinski definition) is 3. The smallest absolute Gasteiger partial charge is 0.247 e. The average Bonchev–Trinajstić information content (AvgIpc) is 3.06. The maximum atomic E-state index is 13.8. The predicted molar refractivity (Wildman–Crippen MR) is 138 cm³/mol. The molecule has 1 N–H and O–H groups in total. The van der Waals surface area contributed by atoms with Gasteiger partial charge in [-0.3, -0.25) is 9.59 Å². The van der Waals surface area contributed by atoms with Crippen LogP contribution >= 0.6 is 11.8 Å². The quantitative estimate of drug-likeness (QED) is 0.463. The van der Waals surface area contributed by atoms with Crippen molar-refractivity contribution in [3.05, 3.63) is 77.1 Å². The van der Waals surface area contributed by atoms with Crippen LogP contribution in [0.3, 0.4) is 0 Å². The molecule has 0 saturated heterocycles. The van der Waals surface area contributed by atoms with Crippen molar-refractivity contribution in [2.24, 2.45) is 7.05 Å². The number of aromatic nitrogens is 1. The van der Waals surface area contributed by atoms with Gasteiger partial charge in [0, 0.05) is 36.6 Å². The molecule has 35 heavy (non-hydrogen) atoms. The number of amides is 2. The van der Waals surface area contributed by atoms with Gasteiger partial charge in [0.15, 0.2) is 0 Å². The maximum Gasteiger partial charge on any atom is 0.247 e. The van der Waals surface area contributed by atoms with Crippen LogP contribution < -0.4 is 5.32 Å². The highest BCUT2D eigenvalue weighted by molar-refractivity contribution is 8.00. The SMILES string of the molecule is Cn1c2c(c3ccccc31)[C@H](C(=O)NCc1ccc(F)cc1)N(CCC1=CCCCC1)C(=O)CS2. The fourth-order valence-corrected chi connectivity index (χ4v) is 6.26. The van der Waals surface area contributed by atoms with Gasteiger partial charge in [0.1, 0.15) is 11.9 Å². The van der Waals surface area contributed by atoms with Crippen LogP contribution in [0.1, 0.15) is 49.3 Å². The number of halogens is 1. The first-order valence-electron chi connectivity index (χ1n) is 12.2. The van der Waals surface area contributed by atoms with Crippen molar-refractivity contribution in [3.63, 3.8) is 0 Å². The van der Waals surface area contributed by atoms with Crippen LogP contribution in [0.25, 0.3) is 10.9 Å². The number of carbonyl (C=O) groups is 2. The maximum absolute atomic E-state index is 13.8. The Morgan fingerprint density at radius 3 is 2.71 bits per heavy atom. The lowest BCUT2D eigenvalue weighted by molar-refractivity contribution is -0.139. The van der Waals surface area contributed by atoms with Gasteiger partial charge in [-0.2, -0.15) is 0 Å². The Balaban J connectivity index is 1.51. The third-order valence-electron chi connectivity index (χ3n) is 7.02. The van der Waals surface area contributed by atoms with Crippen LogP contribution in [0.2, 0.25) is 0 Å². The standard InChI is InChI=1S/C28H30FN3O2S/c1-31-23-10-6-5-9-22(23)25-26(27(34)30-17-20-11-13-21(29)14-12-20)32(24(33)18-35-28(25)31)16-15-19-7-3-2-4-8-19/h5-7,9-14,26H,2-4,8,15-18H2,1H3,(H,30,34)/t26-/m1/s1. The molecule has 0 spiro atoms. The second kappa shape index (κ2) is 10.3. The third kappa shape index (κ3) is 4.87. The van der Waals surface area contributed by atoms with Crippen LogP contribution in [0.4, 0.5) is 4.39 Å². The fraction of sp³-hybridized carbons (Fsp3) is 0.357. The van der Waals surface area contributed by atoms with Crippen LogP contribution in [0.5, 0.6) is 0 Å². The van der Waals surface area contributed by atoms with Crippen LogP contribution in [-0.4, -0.2) is 33.6 Å². The van der Waals surface area contributed by atoms with Crippen molar-refractivity contribution in [3.8, 4) is 0 Å². The van der Waals surface area contributed by atoms with Crippen molar-refractivity contribution in [1.82, 2.24) is 14.8 Å². The molecule has 1 atom stereocenters. The van der Waals surface area contributed by atoms with Gasteiger partial charge in [0.05, 0.1) is 10.8 Å². The van der Waals surface area contributed by atoms with Crippen molar-refractivity contribution in [2.75, 3.05) is 12.3 Å². The third-order valence-corrected chi connectivity index (χ3v) is 8.17. The second-order valence-electron chi connectivity index (χ2n) is 9.28. The Morgan fingerprint density at radius 2 is 1.94 bits per heavy atom. The molecule has 0 saturated carbocycles. The molecule has 2 aliphatic rings. The molecule has 1 aromatic heterocycles. The molecule has 5 rings (SSSR count). The molecule has 0 fully saturated rings. The summed E-state index contributed by atoms with van der Waals surface area (Å²) in [5.41, 5.74) is 4.13. The molecule has 0 radical (unpaired) electrons. The summed E-state index contributed by atoms with van der Waals surface area (Å²) >= 11 is 1.51. The number of hydrogen-bond donors (Lipinski definition) is 1. The molecule has 1 aliphatic heterocycles. The van der Waals surface area contributed by atoms with Gasteiger partial charge in [0.2, 0.25) is 11.8 Å². The lowest BCUT2D eigenvalue weighted by atomic mass is 9.96. The normalized spacial score (nSPS) is 18.2. The van der Waals surface area contributed by atoms with Gasteiger partial charge in [0.25, 0.3) is 0 Å². The largest absolute Gasteiger partial charge is 0.350 e. The molecule has 2 amide bonds. The highest BCUT2D eigenvalue weighted by Gasteiger charge is 2.38. The Morgan fingerprint density at radius 1 is 1.14 bits per heavy atom. The minimum Gasteiger partial charge on any atom is -0.350 e. The van der Waals surface area contributed by atoms with Gasteiger partial charge >= 0.3 is 0 Å². The van der Waals surface area contributed by atoms with E-state index in [0.29, 0.717) is 12.3 Å². The zero-order valence-electron chi connectivity index (χ0n) is 19.9. The van der Waals surface area contributed by atoms with Crippen LogP contribution in [0.15, 0.2) is 65.2 Å². The zero-order valence-corrected chi connectivity index (χ0v) is 20.7. The monoisotopic (exact) mass is 491 g/mol. The Bertz CT molecular complexity index is 1280. The van der Waals surface area contributed by atoms with E-state index in [9.17, 15) is 14.0 Å². The second-order valence-corrected chi connectivity index (χ2v) is 10.2. The van der Waals surface area contributed by atoms with Gasteiger partial charge < -0.3 is 14.8 Å². The lowest BCUT2D eigenvalue weighted by Gasteiger charge is -2.30. The molecule has 182 valence electrons. The van der Waals surface area contributed by atoms with Gasteiger partial charge in [-0.05, 0) is 55.9 Å². The number of nitrogens with one attached hydrogen (secondary N) is 1. The molecule has 1 aliphatic carbocycles. The van der Waals surface area contributed by atoms with E-state index in [4.69, 9.17) is 0 Å². The Kier molecular flexibility index (Phi) is 6.95. The summed E-state index contributed by atoms with van der Waals surface area (Å²) in [6.07, 6.45) is 7.65. The molecule has 0 unspecified atom stereocenters. The van der Waals surface area contributed by atoms with E-state index in [1.165, 1.54) is 42.3 Å². The summed E-state index contributed by atoms with van der Waals surface area (Å²) in [7, 11) is 1.99. The number of nitrogens with zero attached hydrogens (tertiary/aromatic N) is 2. The van der Waals surface area contributed by atoms with Crippen molar-refractivity contribution in [2.45, 2.75) is 49.7 Å². The van der Waals surface area contributed by atoms with E-state index >= 15 is 0 Å². The first-order chi connectivity index (χ1) is 17.0. The summed E-state index contributed by atoms with van der Waals surface area (Å²) in [5, 5.41) is 4.99. The Labute approximate surface area is 209 Å². The van der Waals surface area contributed by atoms with E-state index in [1.807, 2.05) is 25.2 Å². The van der Waals surface area contributed by atoms with Crippen LogP contribution in [0, 0.1) is 5.82 Å². The van der Waals surface area contributed by atoms with Crippen molar-refractivity contribution < 1.29 is 14.0 Å². The van der Waals surface area contributed by atoms with E-state index in [1.54, 1.807) is 17.0 Å². The molecule has 3 aromatic rings. The summed E-state index contributed by atoms with van der Waals surface area (Å²) in [5.74, 6) is -0.234. The number of carbonyl (C=O) groups excluding carboxylic acids is 2. The molecule has 0 bridgehead atoms. The summed E-state index contributed by atoms with van der Waals surface area (Å²) < 4.78 is 15.4. The molecule has 7 heteroatoms. The topological polar surface area (TPSA) is 54.3 Å². The number of rotatable bonds is 6. The molecule has 2 aromatic carbocycles. The average molecular weight is 492 g/mol.